The lowest BCUT2D eigenvalue weighted by Gasteiger charge is -2.14. The molecule has 1 aliphatic rings. The van der Waals surface area contributed by atoms with E-state index in [0.717, 1.165) is 34.9 Å². The Balaban J connectivity index is 1.47. The van der Waals surface area contributed by atoms with Crippen LogP contribution in [-0.4, -0.2) is 28.7 Å². The summed E-state index contributed by atoms with van der Waals surface area (Å²) in [7, 11) is 1.73. The molecule has 0 radical (unpaired) electrons. The Morgan fingerprint density at radius 2 is 2.23 bits per heavy atom. The maximum atomic E-state index is 12.6. The number of likely N-dealkylation sites (N-methyl/N-ethyl adjacent to an activating group) is 1. The Morgan fingerprint density at radius 3 is 3.00 bits per heavy atom. The molecule has 0 saturated heterocycles. The lowest BCUT2D eigenvalue weighted by molar-refractivity contribution is -0.125. The van der Waals surface area contributed by atoms with Crippen LogP contribution in [0.4, 0.5) is 5.82 Å². The van der Waals surface area contributed by atoms with Crippen LogP contribution in [-0.2, 0) is 22.6 Å². The number of nitrogens with zero attached hydrogens (tertiary/aromatic N) is 2. The van der Waals surface area contributed by atoms with Gasteiger partial charge in [0, 0.05) is 36.2 Å². The van der Waals surface area contributed by atoms with Crippen molar-refractivity contribution < 1.29 is 14.0 Å². The highest BCUT2D eigenvalue weighted by molar-refractivity contribution is 6.34. The van der Waals surface area contributed by atoms with E-state index in [2.05, 4.69) is 10.3 Å². The van der Waals surface area contributed by atoms with Crippen molar-refractivity contribution in [1.29, 1.82) is 0 Å². The molecule has 2 aromatic heterocycles. The number of benzene rings is 1. The second-order valence-corrected chi connectivity index (χ2v) is 8.41. The number of hydrogen-bond donors (Lipinski definition) is 1. The van der Waals surface area contributed by atoms with Gasteiger partial charge in [-0.2, -0.15) is 0 Å². The third kappa shape index (κ3) is 4.35. The zero-order valence-corrected chi connectivity index (χ0v) is 18.5. The maximum Gasteiger partial charge on any atom is 0.246 e. The van der Waals surface area contributed by atoms with Crippen LogP contribution in [0.15, 0.2) is 41.0 Å². The lowest BCUT2D eigenvalue weighted by Crippen LogP contribution is -2.24. The van der Waals surface area contributed by atoms with Crippen LogP contribution in [0.25, 0.3) is 17.0 Å². The minimum absolute atomic E-state index is 0.00601. The molecular weight excluding hydrogens is 414 g/mol. The van der Waals surface area contributed by atoms with Crippen molar-refractivity contribution in [2.75, 3.05) is 12.4 Å². The average Bonchev–Trinajstić information content (AvgIpc) is 2.99. The molecule has 6 nitrogen and oxygen atoms in total. The summed E-state index contributed by atoms with van der Waals surface area (Å²) in [5.41, 5.74) is 3.42. The molecule has 1 N–H and O–H groups in total. The summed E-state index contributed by atoms with van der Waals surface area (Å²) < 4.78 is 5.91. The molecule has 0 aliphatic carbocycles. The Bertz CT molecular complexity index is 1200. The summed E-state index contributed by atoms with van der Waals surface area (Å²) >= 11 is 6.22. The molecule has 0 spiro atoms. The quantitative estimate of drug-likeness (QED) is 0.584. The molecule has 3 heterocycles. The Morgan fingerprint density at radius 1 is 1.42 bits per heavy atom. The van der Waals surface area contributed by atoms with Crippen LogP contribution in [0, 0.1) is 12.8 Å². The molecule has 3 aromatic rings. The van der Waals surface area contributed by atoms with Gasteiger partial charge in [0.25, 0.3) is 0 Å². The topological polar surface area (TPSA) is 75.4 Å². The third-order valence-corrected chi connectivity index (χ3v) is 6.01. The average molecular weight is 438 g/mol. The molecule has 1 atom stereocenters. The number of anilines is 1. The van der Waals surface area contributed by atoms with Crippen LogP contribution in [0.3, 0.4) is 0 Å². The zero-order chi connectivity index (χ0) is 22.1. The summed E-state index contributed by atoms with van der Waals surface area (Å²) in [4.78, 5) is 30.6. The fourth-order valence-electron chi connectivity index (χ4n) is 3.66. The molecule has 1 aromatic carbocycles. The molecule has 1 aliphatic heterocycles. The molecular formula is C24H24ClN3O3. The summed E-state index contributed by atoms with van der Waals surface area (Å²) in [5, 5.41) is 4.37. The summed E-state index contributed by atoms with van der Waals surface area (Å²) in [6.45, 7) is 4.22. The van der Waals surface area contributed by atoms with Crippen LogP contribution >= 0.6 is 11.6 Å². The number of pyridine rings is 1. The van der Waals surface area contributed by atoms with Gasteiger partial charge in [0.05, 0.1) is 11.6 Å². The van der Waals surface area contributed by atoms with Crippen molar-refractivity contribution in [1.82, 2.24) is 9.88 Å². The molecule has 4 rings (SSSR count). The molecule has 7 heteroatoms. The standard InChI is InChI=1S/C24H24ClN3O3/c1-14-7-9-17-11-16(12-26-23(17)27-24(14)30)8-10-21(29)28(3)13-20-15(2)18-5-4-6-19(25)22(18)31-20/h4-6,8,10-12,14H,7,9,13H2,1-3H3,(H,26,27,30)/b10-8+. The van der Waals surface area contributed by atoms with Crippen LogP contribution in [0.5, 0.6) is 0 Å². The first-order valence-corrected chi connectivity index (χ1v) is 10.6. The van der Waals surface area contributed by atoms with Gasteiger partial charge in [-0.1, -0.05) is 30.7 Å². The summed E-state index contributed by atoms with van der Waals surface area (Å²) in [5.74, 6) is 1.12. The maximum absolute atomic E-state index is 12.6. The van der Waals surface area contributed by atoms with Crippen molar-refractivity contribution in [3.8, 4) is 0 Å². The fraction of sp³-hybridized carbons (Fsp3) is 0.292. The highest BCUT2D eigenvalue weighted by Crippen LogP contribution is 2.31. The normalized spacial score (nSPS) is 16.3. The zero-order valence-electron chi connectivity index (χ0n) is 17.7. The SMILES string of the molecule is Cc1c(CN(C)C(=O)/C=C/c2cnc3c(c2)CCC(C)C(=O)N3)oc2c(Cl)cccc12. The van der Waals surface area contributed by atoms with Gasteiger partial charge in [0.1, 0.15) is 11.6 Å². The van der Waals surface area contributed by atoms with Gasteiger partial charge >= 0.3 is 0 Å². The number of amides is 2. The minimum Gasteiger partial charge on any atom is -0.457 e. The van der Waals surface area contributed by atoms with E-state index in [4.69, 9.17) is 16.0 Å². The van der Waals surface area contributed by atoms with Crippen LogP contribution in [0.2, 0.25) is 5.02 Å². The molecule has 160 valence electrons. The molecule has 0 fully saturated rings. The van der Waals surface area contributed by atoms with Gasteiger partial charge in [-0.3, -0.25) is 9.59 Å². The Kier molecular flexibility index (Phi) is 5.83. The van der Waals surface area contributed by atoms with Crippen molar-refractivity contribution in [2.24, 2.45) is 5.92 Å². The second kappa shape index (κ2) is 8.55. The first-order valence-electron chi connectivity index (χ1n) is 10.2. The van der Waals surface area contributed by atoms with Crippen LogP contribution < -0.4 is 5.32 Å². The number of aryl methyl sites for hydroxylation is 2. The van der Waals surface area contributed by atoms with Crippen molar-refractivity contribution >= 4 is 46.3 Å². The van der Waals surface area contributed by atoms with E-state index < -0.39 is 0 Å². The number of nitrogens with one attached hydrogen (secondary N) is 1. The van der Waals surface area contributed by atoms with Gasteiger partial charge in [-0.25, -0.2) is 4.98 Å². The molecule has 2 amide bonds. The molecule has 0 saturated carbocycles. The number of carbonyl (C=O) groups excluding carboxylic acids is 2. The van der Waals surface area contributed by atoms with Crippen molar-refractivity contribution in [3.63, 3.8) is 0 Å². The number of halogens is 1. The predicted molar refractivity (Wildman–Crippen MR) is 122 cm³/mol. The molecule has 1 unspecified atom stereocenters. The first-order chi connectivity index (χ1) is 14.8. The highest BCUT2D eigenvalue weighted by Gasteiger charge is 2.20. The van der Waals surface area contributed by atoms with Gasteiger partial charge in [0.15, 0.2) is 5.58 Å². The minimum atomic E-state index is -0.150. The summed E-state index contributed by atoms with van der Waals surface area (Å²) in [6.07, 6.45) is 6.46. The van der Waals surface area contributed by atoms with Gasteiger partial charge in [-0.05, 0) is 49.1 Å². The van der Waals surface area contributed by atoms with Gasteiger partial charge < -0.3 is 14.6 Å². The van der Waals surface area contributed by atoms with E-state index in [1.54, 1.807) is 30.3 Å². The number of carbonyl (C=O) groups is 2. The number of furan rings is 1. The second-order valence-electron chi connectivity index (χ2n) is 8.00. The number of hydrogen-bond acceptors (Lipinski definition) is 4. The predicted octanol–water partition coefficient (Wildman–Crippen LogP) is 4.98. The van der Waals surface area contributed by atoms with E-state index in [0.29, 0.717) is 28.7 Å². The van der Waals surface area contributed by atoms with E-state index in [1.807, 2.05) is 32.0 Å². The van der Waals surface area contributed by atoms with Crippen molar-refractivity contribution in [2.45, 2.75) is 33.2 Å². The number of para-hydroxylation sites is 1. The van der Waals surface area contributed by atoms with E-state index in [9.17, 15) is 9.59 Å². The Hall–Kier alpha value is -3.12. The Labute approximate surface area is 185 Å². The fourth-order valence-corrected chi connectivity index (χ4v) is 3.88. The number of fused-ring (bicyclic) bond motifs is 2. The lowest BCUT2D eigenvalue weighted by atomic mass is 10.0. The van der Waals surface area contributed by atoms with E-state index in [-0.39, 0.29) is 17.7 Å². The van der Waals surface area contributed by atoms with E-state index in [1.165, 1.54) is 6.08 Å². The molecule has 0 bridgehead atoms. The van der Waals surface area contributed by atoms with Crippen LogP contribution in [0.1, 0.15) is 35.8 Å². The third-order valence-electron chi connectivity index (χ3n) is 5.71. The molecule has 31 heavy (non-hydrogen) atoms. The number of aromatic nitrogens is 1. The smallest absolute Gasteiger partial charge is 0.246 e. The van der Waals surface area contributed by atoms with Crippen molar-refractivity contribution in [3.05, 3.63) is 64.0 Å². The largest absolute Gasteiger partial charge is 0.457 e. The van der Waals surface area contributed by atoms with Gasteiger partial charge in [0.2, 0.25) is 11.8 Å². The summed E-state index contributed by atoms with van der Waals surface area (Å²) in [6, 6.07) is 7.60. The highest BCUT2D eigenvalue weighted by atomic mass is 35.5. The van der Waals surface area contributed by atoms with E-state index >= 15 is 0 Å². The first kappa shape index (κ1) is 21.1. The van der Waals surface area contributed by atoms with Gasteiger partial charge in [-0.15, -0.1) is 0 Å². The number of rotatable bonds is 4. The monoisotopic (exact) mass is 437 g/mol.